The van der Waals surface area contributed by atoms with Crippen LogP contribution in [0.15, 0.2) is 10.6 Å². The van der Waals surface area contributed by atoms with Gasteiger partial charge in [0, 0.05) is 10.6 Å². The van der Waals surface area contributed by atoms with Crippen LogP contribution in [0.4, 0.5) is 4.53 Å². The first-order valence-electron chi connectivity index (χ1n) is 2.50. The average molecular weight is 145 g/mol. The highest BCUT2D eigenvalue weighted by molar-refractivity contribution is 5.85. The number of rotatable bonds is 1. The first-order valence-corrected chi connectivity index (χ1v) is 2.50. The van der Waals surface area contributed by atoms with Crippen molar-refractivity contribution in [2.75, 3.05) is 0 Å². The topological polar surface area (TPSA) is 52.3 Å². The highest BCUT2D eigenvalue weighted by Crippen LogP contribution is 2.03. The minimum atomic E-state index is -1.17. The molecule has 0 aromatic carbocycles. The second-order valence-electron chi connectivity index (χ2n) is 1.70. The van der Waals surface area contributed by atoms with Crippen molar-refractivity contribution in [1.29, 1.82) is 0 Å². The molecule has 1 aromatic rings. The SMILES string of the molecule is Cc1cc(C(=O)OF)on1. The highest BCUT2D eigenvalue weighted by Gasteiger charge is 2.12. The van der Waals surface area contributed by atoms with Gasteiger partial charge in [-0.15, -0.1) is 0 Å². The third kappa shape index (κ3) is 1.12. The van der Waals surface area contributed by atoms with E-state index in [2.05, 4.69) is 14.6 Å². The van der Waals surface area contributed by atoms with Gasteiger partial charge in [0.15, 0.2) is 0 Å². The van der Waals surface area contributed by atoms with Crippen molar-refractivity contribution >= 4 is 5.97 Å². The van der Waals surface area contributed by atoms with Gasteiger partial charge in [-0.1, -0.05) is 5.16 Å². The minimum absolute atomic E-state index is 0.236. The number of halogens is 1. The van der Waals surface area contributed by atoms with Gasteiger partial charge in [-0.2, -0.15) is 0 Å². The largest absolute Gasteiger partial charge is 0.417 e. The van der Waals surface area contributed by atoms with Crippen LogP contribution in [0.5, 0.6) is 0 Å². The molecule has 0 aliphatic rings. The molecule has 0 amide bonds. The smallest absolute Gasteiger partial charge is 0.349 e. The predicted octanol–water partition coefficient (Wildman–Crippen LogP) is 1.02. The number of aromatic nitrogens is 1. The van der Waals surface area contributed by atoms with E-state index in [-0.39, 0.29) is 5.76 Å². The lowest BCUT2D eigenvalue weighted by Crippen LogP contribution is -1.95. The van der Waals surface area contributed by atoms with Crippen LogP contribution >= 0.6 is 0 Å². The summed E-state index contributed by atoms with van der Waals surface area (Å²) in [5.74, 6) is -1.40. The summed E-state index contributed by atoms with van der Waals surface area (Å²) in [6.45, 7) is 1.61. The molecule has 0 spiro atoms. The number of aryl methyl sites for hydroxylation is 1. The van der Waals surface area contributed by atoms with Crippen molar-refractivity contribution in [3.05, 3.63) is 17.5 Å². The highest BCUT2D eigenvalue weighted by atomic mass is 19.3. The molecule has 0 N–H and O–H groups in total. The van der Waals surface area contributed by atoms with Gasteiger partial charge in [-0.3, -0.25) is 0 Å². The Morgan fingerprint density at radius 3 is 3.00 bits per heavy atom. The second-order valence-corrected chi connectivity index (χ2v) is 1.70. The summed E-state index contributed by atoms with van der Waals surface area (Å²) in [7, 11) is 0. The van der Waals surface area contributed by atoms with Crippen LogP contribution in [-0.4, -0.2) is 11.1 Å². The molecule has 54 valence electrons. The summed E-state index contributed by atoms with van der Waals surface area (Å²) < 4.78 is 15.5. The van der Waals surface area contributed by atoms with Crippen molar-refractivity contribution < 1.29 is 18.8 Å². The van der Waals surface area contributed by atoms with E-state index >= 15 is 0 Å². The Kier molecular flexibility index (Phi) is 1.66. The summed E-state index contributed by atoms with van der Waals surface area (Å²) >= 11 is 0. The van der Waals surface area contributed by atoms with E-state index in [4.69, 9.17) is 0 Å². The fourth-order valence-electron chi connectivity index (χ4n) is 0.498. The van der Waals surface area contributed by atoms with Gasteiger partial charge in [0.25, 0.3) is 0 Å². The Hall–Kier alpha value is -1.39. The van der Waals surface area contributed by atoms with Gasteiger partial charge in [-0.05, 0) is 6.92 Å². The lowest BCUT2D eigenvalue weighted by molar-refractivity contribution is -0.0816. The maximum Gasteiger partial charge on any atom is 0.417 e. The summed E-state index contributed by atoms with van der Waals surface area (Å²) in [5, 5.41) is 3.34. The van der Waals surface area contributed by atoms with E-state index in [1.54, 1.807) is 6.92 Å². The third-order valence-corrected chi connectivity index (χ3v) is 0.899. The maximum absolute atomic E-state index is 11.1. The molecular weight excluding hydrogens is 141 g/mol. The number of hydrogen-bond acceptors (Lipinski definition) is 4. The van der Waals surface area contributed by atoms with Gasteiger partial charge < -0.3 is 4.52 Å². The first kappa shape index (κ1) is 6.73. The first-order chi connectivity index (χ1) is 4.74. The molecule has 0 unspecified atom stereocenters. The average Bonchev–Trinajstić information content (AvgIpc) is 2.34. The van der Waals surface area contributed by atoms with Gasteiger partial charge in [0.2, 0.25) is 5.76 Å². The molecule has 0 radical (unpaired) electrons. The molecule has 0 saturated heterocycles. The molecule has 0 aliphatic heterocycles. The van der Waals surface area contributed by atoms with Gasteiger partial charge in [0.1, 0.15) is 0 Å². The van der Waals surface area contributed by atoms with Gasteiger partial charge in [-0.25, -0.2) is 9.74 Å². The zero-order valence-corrected chi connectivity index (χ0v) is 5.13. The van der Waals surface area contributed by atoms with Gasteiger partial charge in [0.05, 0.1) is 5.69 Å². The van der Waals surface area contributed by atoms with Crippen LogP contribution in [0.1, 0.15) is 16.2 Å². The Labute approximate surface area is 55.5 Å². The lowest BCUT2D eigenvalue weighted by atomic mass is 10.4. The Morgan fingerprint density at radius 1 is 1.90 bits per heavy atom. The van der Waals surface area contributed by atoms with Crippen molar-refractivity contribution in [2.45, 2.75) is 6.92 Å². The molecule has 0 bridgehead atoms. The molecule has 0 saturated carbocycles. The third-order valence-electron chi connectivity index (χ3n) is 0.899. The van der Waals surface area contributed by atoms with E-state index in [1.807, 2.05) is 0 Å². The molecular formula is C5H4FNO3. The van der Waals surface area contributed by atoms with Gasteiger partial charge >= 0.3 is 5.97 Å². The number of nitrogens with zero attached hydrogens (tertiary/aromatic N) is 1. The van der Waals surface area contributed by atoms with E-state index in [9.17, 15) is 9.32 Å². The quantitative estimate of drug-likeness (QED) is 0.592. The summed E-state index contributed by atoms with van der Waals surface area (Å²) in [4.78, 5) is 13.2. The molecule has 1 aromatic heterocycles. The van der Waals surface area contributed by atoms with E-state index in [1.165, 1.54) is 6.07 Å². The molecule has 1 heterocycles. The van der Waals surface area contributed by atoms with Crippen LogP contribution < -0.4 is 0 Å². The number of carbonyl (C=O) groups is 1. The zero-order valence-electron chi connectivity index (χ0n) is 5.13. The van der Waals surface area contributed by atoms with Crippen molar-refractivity contribution in [2.24, 2.45) is 0 Å². The second kappa shape index (κ2) is 2.47. The van der Waals surface area contributed by atoms with E-state index in [0.717, 1.165) is 0 Å². The van der Waals surface area contributed by atoms with Crippen LogP contribution in [0.2, 0.25) is 0 Å². The Bertz CT molecular complexity index is 245. The Balaban J connectivity index is 2.85. The normalized spacial score (nSPS) is 9.40. The fraction of sp³-hybridized carbons (Fsp3) is 0.200. The summed E-state index contributed by atoms with van der Waals surface area (Å²) in [5.41, 5.74) is 0.500. The maximum atomic E-state index is 11.1. The van der Waals surface area contributed by atoms with Crippen molar-refractivity contribution in [3.63, 3.8) is 0 Å². The molecule has 5 heteroatoms. The molecule has 10 heavy (non-hydrogen) atoms. The predicted molar refractivity (Wildman–Crippen MR) is 27.8 cm³/mol. The summed E-state index contributed by atoms with van der Waals surface area (Å²) in [6.07, 6.45) is 0. The van der Waals surface area contributed by atoms with E-state index in [0.29, 0.717) is 5.69 Å². The molecule has 0 fully saturated rings. The van der Waals surface area contributed by atoms with Crippen molar-refractivity contribution in [3.8, 4) is 0 Å². The molecule has 0 aliphatic carbocycles. The fourth-order valence-corrected chi connectivity index (χ4v) is 0.498. The lowest BCUT2D eigenvalue weighted by Gasteiger charge is -1.81. The van der Waals surface area contributed by atoms with Crippen molar-refractivity contribution in [1.82, 2.24) is 5.16 Å². The number of hydrogen-bond donors (Lipinski definition) is 0. The standard InChI is InChI=1S/C5H4FNO3/c1-3-2-4(10-7-3)5(8)9-6/h2H,1H3. The summed E-state index contributed by atoms with van der Waals surface area (Å²) in [6, 6.07) is 1.28. The van der Waals surface area contributed by atoms with E-state index < -0.39 is 5.97 Å². The molecule has 1 rings (SSSR count). The van der Waals surface area contributed by atoms with Crippen LogP contribution in [0, 0.1) is 6.92 Å². The minimum Gasteiger partial charge on any atom is -0.349 e. The van der Waals surface area contributed by atoms with Crippen LogP contribution in [0.25, 0.3) is 0 Å². The van der Waals surface area contributed by atoms with Crippen LogP contribution in [-0.2, 0) is 4.94 Å². The Morgan fingerprint density at radius 2 is 2.60 bits per heavy atom. The molecule has 4 nitrogen and oxygen atoms in total. The van der Waals surface area contributed by atoms with Crippen LogP contribution in [0.3, 0.4) is 0 Å². The zero-order chi connectivity index (χ0) is 7.56. The molecule has 0 atom stereocenters. The monoisotopic (exact) mass is 145 g/mol. The number of carbonyl (C=O) groups excluding carboxylic acids is 1.